The molecule has 2 atom stereocenters. The standard InChI is InChI=1S/C35H30N4O5/c1-43-25-17-13-21(14-18-25)32-31-27(26-8-4-5-9-28(26)37-31)19-29-34(41)38(35(42)39(29)32)24-15-11-22(12-16-24)33(40)36-20-23-7-3-6-10-30(23)44-2/h3-18,29,32,37H,19-20H2,1-2H3,(H,36,40)/t29-,32-/m0/s1. The normalized spacial score (nSPS) is 17.4. The van der Waals surface area contributed by atoms with Gasteiger partial charge in [-0.1, -0.05) is 48.5 Å². The molecule has 4 amide bonds. The van der Waals surface area contributed by atoms with E-state index in [0.29, 0.717) is 35.7 Å². The Bertz CT molecular complexity index is 1900. The highest BCUT2D eigenvalue weighted by Gasteiger charge is 2.53. The number of methoxy groups -OCH3 is 2. The molecule has 5 aromatic rings. The van der Waals surface area contributed by atoms with E-state index in [1.807, 2.05) is 72.8 Å². The van der Waals surface area contributed by atoms with Crippen LogP contribution < -0.4 is 19.7 Å². The van der Waals surface area contributed by atoms with Crippen LogP contribution in [-0.2, 0) is 17.8 Å². The van der Waals surface area contributed by atoms with Gasteiger partial charge in [-0.15, -0.1) is 0 Å². The third-order valence-corrected chi connectivity index (χ3v) is 8.50. The molecule has 44 heavy (non-hydrogen) atoms. The van der Waals surface area contributed by atoms with Gasteiger partial charge in [0.05, 0.1) is 19.9 Å². The summed E-state index contributed by atoms with van der Waals surface area (Å²) in [6, 6.07) is 28.0. The number of nitrogens with one attached hydrogen (secondary N) is 2. The molecule has 1 fully saturated rings. The molecule has 3 heterocycles. The molecule has 9 heteroatoms. The van der Waals surface area contributed by atoms with E-state index in [1.165, 1.54) is 4.90 Å². The van der Waals surface area contributed by atoms with Crippen molar-refractivity contribution in [3.63, 3.8) is 0 Å². The van der Waals surface area contributed by atoms with Gasteiger partial charge in [-0.2, -0.15) is 0 Å². The number of aromatic amines is 1. The van der Waals surface area contributed by atoms with Gasteiger partial charge in [-0.25, -0.2) is 9.69 Å². The Morgan fingerprint density at radius 3 is 2.36 bits per heavy atom. The number of para-hydroxylation sites is 2. The van der Waals surface area contributed by atoms with E-state index in [9.17, 15) is 14.4 Å². The van der Waals surface area contributed by atoms with E-state index in [0.717, 1.165) is 33.3 Å². The first kappa shape index (κ1) is 27.3. The maximum absolute atomic E-state index is 14.1. The number of anilines is 1. The largest absolute Gasteiger partial charge is 0.497 e. The van der Waals surface area contributed by atoms with Crippen molar-refractivity contribution in [2.45, 2.75) is 25.0 Å². The van der Waals surface area contributed by atoms with Crippen LogP contribution >= 0.6 is 0 Å². The van der Waals surface area contributed by atoms with E-state index in [1.54, 1.807) is 43.4 Å². The maximum atomic E-state index is 14.1. The summed E-state index contributed by atoms with van der Waals surface area (Å²) < 4.78 is 10.7. The van der Waals surface area contributed by atoms with Gasteiger partial charge in [0.1, 0.15) is 23.6 Å². The van der Waals surface area contributed by atoms with E-state index in [-0.39, 0.29) is 11.8 Å². The van der Waals surface area contributed by atoms with E-state index in [4.69, 9.17) is 9.47 Å². The number of ether oxygens (including phenoxy) is 2. The average molecular weight is 587 g/mol. The first-order valence-electron chi connectivity index (χ1n) is 14.4. The number of fused-ring (bicyclic) bond motifs is 4. The molecule has 1 saturated heterocycles. The lowest BCUT2D eigenvalue weighted by molar-refractivity contribution is -0.120. The minimum absolute atomic E-state index is 0.274. The molecule has 0 radical (unpaired) electrons. The van der Waals surface area contributed by atoms with Gasteiger partial charge in [-0.3, -0.25) is 14.5 Å². The van der Waals surface area contributed by atoms with Crippen LogP contribution in [0.4, 0.5) is 10.5 Å². The number of H-pyrrole nitrogens is 1. The summed E-state index contributed by atoms with van der Waals surface area (Å²) in [7, 11) is 3.20. The molecule has 0 bridgehead atoms. The Kier molecular flexibility index (Phi) is 6.77. The molecule has 0 saturated carbocycles. The third kappa shape index (κ3) is 4.44. The van der Waals surface area contributed by atoms with Crippen LogP contribution in [0.1, 0.15) is 38.8 Å². The second-order valence-corrected chi connectivity index (χ2v) is 10.9. The van der Waals surface area contributed by atoms with Crippen LogP contribution in [0.2, 0.25) is 0 Å². The third-order valence-electron chi connectivity index (χ3n) is 8.50. The summed E-state index contributed by atoms with van der Waals surface area (Å²) in [5.41, 5.74) is 5.46. The Morgan fingerprint density at radius 1 is 0.886 bits per heavy atom. The van der Waals surface area contributed by atoms with E-state index in [2.05, 4.69) is 10.3 Å². The highest BCUT2D eigenvalue weighted by Crippen LogP contribution is 2.45. The SMILES string of the molecule is COc1ccc([C@H]2c3[nH]c4ccccc4c3C[C@H]3C(=O)N(c4ccc(C(=O)NCc5ccccc5OC)cc4)C(=O)N23)cc1. The highest BCUT2D eigenvalue weighted by molar-refractivity contribution is 6.22. The van der Waals surface area contributed by atoms with Gasteiger partial charge in [0.15, 0.2) is 0 Å². The smallest absolute Gasteiger partial charge is 0.332 e. The molecular formula is C35H30N4O5. The molecule has 0 unspecified atom stereocenters. The first-order chi connectivity index (χ1) is 21.5. The molecule has 220 valence electrons. The zero-order valence-electron chi connectivity index (χ0n) is 24.2. The fourth-order valence-corrected chi connectivity index (χ4v) is 6.33. The first-order valence-corrected chi connectivity index (χ1v) is 14.4. The van der Waals surface area contributed by atoms with Crippen LogP contribution in [-0.4, -0.2) is 48.0 Å². The Labute approximate surface area is 254 Å². The maximum Gasteiger partial charge on any atom is 0.332 e. The summed E-state index contributed by atoms with van der Waals surface area (Å²) >= 11 is 0. The Hall–Kier alpha value is -5.57. The van der Waals surface area contributed by atoms with Gasteiger partial charge in [0, 0.05) is 40.7 Å². The number of benzene rings is 4. The quantitative estimate of drug-likeness (QED) is 0.242. The molecular weight excluding hydrogens is 556 g/mol. The lowest BCUT2D eigenvalue weighted by Crippen LogP contribution is -2.44. The topological polar surface area (TPSA) is 104 Å². The van der Waals surface area contributed by atoms with Crippen molar-refractivity contribution in [2.75, 3.05) is 19.1 Å². The predicted molar refractivity (Wildman–Crippen MR) is 166 cm³/mol. The lowest BCUT2D eigenvalue weighted by atomic mass is 9.89. The van der Waals surface area contributed by atoms with Crippen molar-refractivity contribution >= 4 is 34.4 Å². The minimum Gasteiger partial charge on any atom is -0.497 e. The summed E-state index contributed by atoms with van der Waals surface area (Å²) in [4.78, 5) is 47.5. The van der Waals surface area contributed by atoms with Crippen LogP contribution in [0.25, 0.3) is 10.9 Å². The number of amides is 4. The van der Waals surface area contributed by atoms with Crippen LogP contribution in [0.15, 0.2) is 97.1 Å². The van der Waals surface area contributed by atoms with Gasteiger partial charge in [-0.05, 0) is 59.7 Å². The fraction of sp³-hybridized carbons (Fsp3) is 0.171. The molecule has 0 spiro atoms. The van der Waals surface area contributed by atoms with Crippen molar-refractivity contribution in [3.8, 4) is 11.5 Å². The average Bonchev–Trinajstić information content (AvgIpc) is 3.56. The van der Waals surface area contributed by atoms with Crippen LogP contribution in [0.3, 0.4) is 0 Å². The molecule has 0 aliphatic carbocycles. The number of aromatic nitrogens is 1. The van der Waals surface area contributed by atoms with E-state index >= 15 is 0 Å². The summed E-state index contributed by atoms with van der Waals surface area (Å²) in [6.45, 7) is 0.298. The Balaban J connectivity index is 1.18. The fourth-order valence-electron chi connectivity index (χ4n) is 6.33. The van der Waals surface area contributed by atoms with Crippen molar-refractivity contribution in [1.29, 1.82) is 0 Å². The van der Waals surface area contributed by atoms with Crippen molar-refractivity contribution in [2.24, 2.45) is 0 Å². The summed E-state index contributed by atoms with van der Waals surface area (Å²) in [6.07, 6.45) is 0.399. The summed E-state index contributed by atoms with van der Waals surface area (Å²) in [5.74, 6) is 0.829. The molecule has 2 aliphatic heterocycles. The predicted octanol–water partition coefficient (Wildman–Crippen LogP) is 5.60. The van der Waals surface area contributed by atoms with Crippen LogP contribution in [0, 0.1) is 0 Å². The van der Waals surface area contributed by atoms with Crippen LogP contribution in [0.5, 0.6) is 11.5 Å². The monoisotopic (exact) mass is 586 g/mol. The molecule has 9 nitrogen and oxygen atoms in total. The number of urea groups is 1. The molecule has 2 N–H and O–H groups in total. The second-order valence-electron chi connectivity index (χ2n) is 10.9. The van der Waals surface area contributed by atoms with Gasteiger partial charge < -0.3 is 19.8 Å². The second kappa shape index (κ2) is 10.9. The number of hydrogen-bond donors (Lipinski definition) is 2. The Morgan fingerprint density at radius 2 is 1.61 bits per heavy atom. The molecule has 1 aromatic heterocycles. The van der Waals surface area contributed by atoms with Gasteiger partial charge >= 0.3 is 6.03 Å². The zero-order chi connectivity index (χ0) is 30.4. The highest BCUT2D eigenvalue weighted by atomic mass is 16.5. The molecule has 7 rings (SSSR count). The zero-order valence-corrected chi connectivity index (χ0v) is 24.2. The van der Waals surface area contributed by atoms with Crippen molar-refractivity contribution in [1.82, 2.24) is 15.2 Å². The number of hydrogen-bond acceptors (Lipinski definition) is 5. The lowest BCUT2D eigenvalue weighted by Gasteiger charge is -2.36. The summed E-state index contributed by atoms with van der Waals surface area (Å²) in [5, 5.41) is 3.95. The van der Waals surface area contributed by atoms with Gasteiger partial charge in [0.2, 0.25) is 0 Å². The number of imide groups is 1. The van der Waals surface area contributed by atoms with Gasteiger partial charge in [0.25, 0.3) is 11.8 Å². The minimum atomic E-state index is -0.676. The number of rotatable bonds is 7. The number of nitrogens with zero attached hydrogens (tertiary/aromatic N) is 2. The molecule has 2 aliphatic rings. The van der Waals surface area contributed by atoms with Crippen molar-refractivity contribution in [3.05, 3.63) is 125 Å². The van der Waals surface area contributed by atoms with Crippen molar-refractivity contribution < 1.29 is 23.9 Å². The number of carbonyl (C=O) groups is 3. The number of carbonyl (C=O) groups excluding carboxylic acids is 3. The molecule has 4 aromatic carbocycles. The van der Waals surface area contributed by atoms with E-state index < -0.39 is 18.1 Å².